The van der Waals surface area contributed by atoms with Gasteiger partial charge in [0.15, 0.2) is 5.82 Å². The zero-order valence-electron chi connectivity index (χ0n) is 24.4. The number of halogens is 1. The van der Waals surface area contributed by atoms with Crippen LogP contribution in [0.3, 0.4) is 0 Å². The first-order valence-electron chi connectivity index (χ1n) is 14.3. The van der Waals surface area contributed by atoms with Crippen LogP contribution < -0.4 is 0 Å². The molecule has 0 bridgehead atoms. The van der Waals surface area contributed by atoms with Gasteiger partial charge in [-0.15, -0.1) is 0 Å². The molecule has 214 valence electrons. The van der Waals surface area contributed by atoms with Crippen molar-refractivity contribution in [2.75, 3.05) is 13.2 Å². The predicted molar refractivity (Wildman–Crippen MR) is 171 cm³/mol. The number of imidazole rings is 1. The summed E-state index contributed by atoms with van der Waals surface area (Å²) in [7, 11) is -2.31. The Morgan fingerprint density at radius 3 is 2.31 bits per heavy atom. The number of rotatable bonds is 13. The smallest absolute Gasteiger partial charge is 0.163 e. The van der Waals surface area contributed by atoms with Crippen LogP contribution in [0, 0.1) is 0 Å². The van der Waals surface area contributed by atoms with Crippen molar-refractivity contribution in [3.05, 3.63) is 34.1 Å². The van der Waals surface area contributed by atoms with Gasteiger partial charge in [-0.1, -0.05) is 73.6 Å². The lowest BCUT2D eigenvalue weighted by Gasteiger charge is -2.28. The van der Waals surface area contributed by atoms with E-state index in [-0.39, 0.29) is 0 Å². The minimum Gasteiger partial charge on any atom is -0.361 e. The van der Waals surface area contributed by atoms with Gasteiger partial charge in [-0.25, -0.2) is 14.0 Å². The Morgan fingerprint density at radius 1 is 0.974 bits per heavy atom. The van der Waals surface area contributed by atoms with Gasteiger partial charge in [-0.3, -0.25) is 0 Å². The summed E-state index contributed by atoms with van der Waals surface area (Å²) in [6, 6.07) is 8.67. The van der Waals surface area contributed by atoms with Crippen molar-refractivity contribution in [1.82, 2.24) is 23.6 Å². The molecule has 0 atom stereocenters. The molecule has 39 heavy (non-hydrogen) atoms. The van der Waals surface area contributed by atoms with Crippen LogP contribution in [0.25, 0.3) is 22.4 Å². The third-order valence-corrected chi connectivity index (χ3v) is 12.7. The molecule has 0 spiro atoms. The molecular weight excluding hydrogens is 606 g/mol. The molecule has 3 aromatic rings. The molecule has 3 heterocycles. The molecule has 11 heteroatoms. The second-order valence-electron chi connectivity index (χ2n) is 13.4. The van der Waals surface area contributed by atoms with Crippen LogP contribution in [0.4, 0.5) is 0 Å². The number of nitrogens with zero attached hydrogens (tertiary/aromatic N) is 5. The highest BCUT2D eigenvalue weighted by molar-refractivity contribution is 9.10. The van der Waals surface area contributed by atoms with Crippen molar-refractivity contribution >= 4 is 54.9 Å². The lowest BCUT2D eigenvalue weighted by atomic mass is 10.0. The topological polar surface area (TPSA) is 57.3 Å². The number of hydrogen-bond donors (Lipinski definition) is 0. The van der Waals surface area contributed by atoms with Gasteiger partial charge in [0.2, 0.25) is 0 Å². The van der Waals surface area contributed by atoms with Gasteiger partial charge in [0.05, 0.1) is 30.0 Å². The molecule has 1 fully saturated rings. The fraction of sp³-hybridized carbons (Fsp3) is 0.643. The Balaban J connectivity index is 1.43. The van der Waals surface area contributed by atoms with Gasteiger partial charge in [0.1, 0.15) is 19.2 Å². The van der Waals surface area contributed by atoms with E-state index in [9.17, 15) is 0 Å². The Labute approximate surface area is 248 Å². The lowest BCUT2D eigenvalue weighted by molar-refractivity contribution is 0.0814. The summed E-state index contributed by atoms with van der Waals surface area (Å²) in [5.41, 5.74) is 4.41. The maximum atomic E-state index is 6.31. The Kier molecular flexibility index (Phi) is 9.17. The first-order valence-corrected chi connectivity index (χ1v) is 23.3. The number of fused-ring (bicyclic) bond motifs is 2. The number of hydrogen-bond acceptors (Lipinski definition) is 6. The Hall–Kier alpha value is -0.956. The van der Waals surface area contributed by atoms with Crippen molar-refractivity contribution in [1.29, 1.82) is 0 Å². The van der Waals surface area contributed by atoms with Crippen LogP contribution in [-0.4, -0.2) is 58.2 Å². The van der Waals surface area contributed by atoms with Crippen LogP contribution in [0.1, 0.15) is 30.7 Å². The zero-order chi connectivity index (χ0) is 27.8. The van der Waals surface area contributed by atoms with Crippen molar-refractivity contribution in [2.24, 2.45) is 0 Å². The molecule has 0 saturated heterocycles. The summed E-state index contributed by atoms with van der Waals surface area (Å²) < 4.78 is 20.2. The molecule has 5 rings (SSSR count). The van der Waals surface area contributed by atoms with E-state index in [1.54, 1.807) is 0 Å². The van der Waals surface area contributed by atoms with Gasteiger partial charge < -0.3 is 14.0 Å². The highest BCUT2D eigenvalue weighted by Crippen LogP contribution is 2.40. The second-order valence-corrected chi connectivity index (χ2v) is 27.0. The monoisotopic (exact) mass is 649 g/mol. The second kappa shape index (κ2) is 12.1. The minimum atomic E-state index is -1.16. The average Bonchev–Trinajstić information content (AvgIpc) is 3.46. The molecule has 2 aliphatic rings. The normalized spacial score (nSPS) is 16.8. The summed E-state index contributed by atoms with van der Waals surface area (Å²) in [5, 5.41) is 6.97. The third kappa shape index (κ3) is 7.47. The molecule has 1 aliphatic heterocycles. The highest BCUT2D eigenvalue weighted by Gasteiger charge is 2.32. The summed E-state index contributed by atoms with van der Waals surface area (Å²) in [6.45, 7) is 18.6. The van der Waals surface area contributed by atoms with Crippen LogP contribution >= 0.6 is 27.9 Å². The maximum Gasteiger partial charge on any atom is 0.163 e. The number of ether oxygens (including phenoxy) is 2. The molecule has 0 amide bonds. The predicted octanol–water partition coefficient (Wildman–Crippen LogP) is 7.80. The fourth-order valence-electron chi connectivity index (χ4n) is 4.79. The van der Waals surface area contributed by atoms with E-state index in [0.717, 1.165) is 76.2 Å². The summed E-state index contributed by atoms with van der Waals surface area (Å²) >= 11 is 5.69. The van der Waals surface area contributed by atoms with Crippen molar-refractivity contribution in [3.8, 4) is 11.5 Å². The Morgan fingerprint density at radius 2 is 1.67 bits per heavy atom. The average molecular weight is 651 g/mol. The SMILES string of the molecule is C[Si](C)(C)CCOCn1c(-c2nn(COCC[Si](C)(C)C)c3cc(Br)ccc23)nc2c1CN(SC1CCC1)C2. The molecule has 7 nitrogen and oxygen atoms in total. The molecular formula is C28H44BrN5O2SSi2. The molecule has 0 radical (unpaired) electrons. The first kappa shape index (κ1) is 29.5. The van der Waals surface area contributed by atoms with Gasteiger partial charge in [-0.2, -0.15) is 5.10 Å². The first-order chi connectivity index (χ1) is 18.5. The zero-order valence-corrected chi connectivity index (χ0v) is 28.8. The van der Waals surface area contributed by atoms with E-state index in [2.05, 4.69) is 82.3 Å². The van der Waals surface area contributed by atoms with Gasteiger partial charge in [0, 0.05) is 44.5 Å². The van der Waals surface area contributed by atoms with Crippen LogP contribution in [0.15, 0.2) is 22.7 Å². The molecule has 1 aliphatic carbocycles. The maximum absolute atomic E-state index is 6.31. The van der Waals surface area contributed by atoms with E-state index in [1.807, 2.05) is 16.6 Å². The number of aromatic nitrogens is 4. The van der Waals surface area contributed by atoms with E-state index in [1.165, 1.54) is 25.0 Å². The van der Waals surface area contributed by atoms with Gasteiger partial charge in [-0.05, 0) is 43.1 Å². The van der Waals surface area contributed by atoms with Gasteiger partial charge >= 0.3 is 0 Å². The quantitative estimate of drug-likeness (QED) is 0.107. The third-order valence-electron chi connectivity index (χ3n) is 7.51. The molecule has 1 saturated carbocycles. The van der Waals surface area contributed by atoms with Gasteiger partial charge in [0.25, 0.3) is 0 Å². The molecule has 0 unspecified atom stereocenters. The van der Waals surface area contributed by atoms with Crippen LogP contribution in [0.2, 0.25) is 51.4 Å². The van der Waals surface area contributed by atoms with Crippen LogP contribution in [-0.2, 0) is 36.0 Å². The minimum absolute atomic E-state index is 0.441. The van der Waals surface area contributed by atoms with Crippen LogP contribution in [0.5, 0.6) is 0 Å². The largest absolute Gasteiger partial charge is 0.361 e. The number of benzene rings is 1. The van der Waals surface area contributed by atoms with E-state index in [4.69, 9.17) is 19.6 Å². The lowest BCUT2D eigenvalue weighted by Crippen LogP contribution is -2.23. The van der Waals surface area contributed by atoms with Crippen molar-refractivity contribution in [3.63, 3.8) is 0 Å². The van der Waals surface area contributed by atoms with E-state index < -0.39 is 16.1 Å². The molecule has 1 aromatic carbocycles. The van der Waals surface area contributed by atoms with Crippen molar-refractivity contribution < 1.29 is 9.47 Å². The van der Waals surface area contributed by atoms with E-state index >= 15 is 0 Å². The summed E-state index contributed by atoms with van der Waals surface area (Å²) in [4.78, 5) is 5.22. The van der Waals surface area contributed by atoms with E-state index in [0.29, 0.717) is 13.5 Å². The highest BCUT2D eigenvalue weighted by atomic mass is 79.9. The fourth-order valence-corrected chi connectivity index (χ4v) is 8.01. The summed E-state index contributed by atoms with van der Waals surface area (Å²) in [5.74, 6) is 0.912. The standard InChI is InChI=1S/C28H44BrN5O2SSi2/c1-38(2,3)14-12-35-19-33-26-18-32(37-22-8-7-9-22)17-24(26)30-28(33)27-23-11-10-21(29)16-25(23)34(31-27)20-36-13-15-39(4,5)6/h10-11,16,22H,7-9,12-15,17-20H2,1-6H3. The van der Waals surface area contributed by atoms with Crippen molar-refractivity contribution in [2.45, 2.75) is 102 Å². The molecule has 0 N–H and O–H groups in total. The Bertz CT molecular complexity index is 1300. The molecule has 2 aromatic heterocycles. The summed E-state index contributed by atoms with van der Waals surface area (Å²) in [6.07, 6.45) is 4.04.